The van der Waals surface area contributed by atoms with Gasteiger partial charge in [0.1, 0.15) is 0 Å². The Morgan fingerprint density at radius 2 is 0.692 bits per heavy atom. The smallest absolute Gasteiger partial charge is 0.0379 e. The maximum absolute atomic E-state index is 6.85. The Hall–Kier alpha value is -1.96. The van der Waals surface area contributed by atoms with Crippen molar-refractivity contribution in [3.05, 3.63) is 57.6 Å². The molecule has 0 amide bonds. The van der Waals surface area contributed by atoms with E-state index in [1.165, 1.54) is 84.7 Å². The summed E-state index contributed by atoms with van der Waals surface area (Å²) < 4.78 is 0. The number of hydrogen-bond acceptors (Lipinski definition) is 2. The summed E-state index contributed by atoms with van der Waals surface area (Å²) in [6, 6.07) is 9.68. The predicted octanol–water partition coefficient (Wildman–Crippen LogP) is 10.4. The fourth-order valence-electron chi connectivity index (χ4n) is 6.70. The van der Waals surface area contributed by atoms with Gasteiger partial charge in [0.05, 0.1) is 0 Å². The van der Waals surface area contributed by atoms with Crippen LogP contribution in [0.15, 0.2) is 24.3 Å². The van der Waals surface area contributed by atoms with Crippen LogP contribution in [0.25, 0.3) is 0 Å². The van der Waals surface area contributed by atoms with Crippen LogP contribution in [0.5, 0.6) is 0 Å². The molecule has 0 aliphatic rings. The summed E-state index contributed by atoms with van der Waals surface area (Å²) in [7, 11) is 0. The van der Waals surface area contributed by atoms with Crippen LogP contribution < -0.4 is 11.5 Å². The van der Waals surface area contributed by atoms with Crippen LogP contribution >= 0.6 is 0 Å². The molecule has 0 heterocycles. The molecule has 0 aliphatic heterocycles. The van der Waals surface area contributed by atoms with Crippen molar-refractivity contribution in [1.29, 1.82) is 0 Å². The van der Waals surface area contributed by atoms with E-state index in [-0.39, 0.29) is 0 Å². The van der Waals surface area contributed by atoms with Gasteiger partial charge in [-0.15, -0.1) is 0 Å². The minimum atomic E-state index is 0.656. The topological polar surface area (TPSA) is 52.0 Å². The minimum absolute atomic E-state index is 0.656. The molecule has 4 atom stereocenters. The molecule has 0 aliphatic carbocycles. The van der Waals surface area contributed by atoms with E-state index < -0.39 is 0 Å². The monoisotopic (exact) mass is 534 g/mol. The Kier molecular flexibility index (Phi) is 14.5. The third-order valence-corrected chi connectivity index (χ3v) is 8.63. The first-order chi connectivity index (χ1) is 18.6. The lowest BCUT2D eigenvalue weighted by Gasteiger charge is -2.21. The molecule has 2 rings (SSSR count). The minimum Gasteiger partial charge on any atom is -0.398 e. The zero-order chi connectivity index (χ0) is 28.9. The van der Waals surface area contributed by atoms with Gasteiger partial charge in [-0.2, -0.15) is 0 Å². The Morgan fingerprint density at radius 1 is 0.462 bits per heavy atom. The third kappa shape index (κ3) is 10.8. The van der Waals surface area contributed by atoms with Crippen molar-refractivity contribution < 1.29 is 0 Å². The second kappa shape index (κ2) is 17.0. The summed E-state index contributed by atoms with van der Waals surface area (Å²) in [4.78, 5) is 0. The average molecular weight is 535 g/mol. The normalized spacial score (nSPS) is 14.8. The molecule has 220 valence electrons. The Morgan fingerprint density at radius 3 is 0.897 bits per heavy atom. The van der Waals surface area contributed by atoms with Gasteiger partial charge < -0.3 is 11.5 Å². The van der Waals surface area contributed by atoms with Gasteiger partial charge in [-0.25, -0.2) is 0 Å². The van der Waals surface area contributed by atoms with E-state index in [9.17, 15) is 0 Å². The number of benzene rings is 2. The Balaban J connectivity index is 2.51. The molecule has 2 nitrogen and oxygen atoms in total. The van der Waals surface area contributed by atoms with Crippen LogP contribution in [0.4, 0.5) is 11.4 Å². The second-order valence-electron chi connectivity index (χ2n) is 13.2. The zero-order valence-electron chi connectivity index (χ0n) is 27.0. The molecule has 0 saturated heterocycles. The van der Waals surface area contributed by atoms with E-state index in [1.807, 2.05) is 0 Å². The molecule has 0 fully saturated rings. The maximum atomic E-state index is 6.85. The summed E-state index contributed by atoms with van der Waals surface area (Å²) in [6.07, 6.45) is 15.2. The predicted molar refractivity (Wildman–Crippen MR) is 176 cm³/mol. The summed E-state index contributed by atoms with van der Waals surface area (Å²) in [5, 5.41) is 0. The third-order valence-electron chi connectivity index (χ3n) is 8.63. The van der Waals surface area contributed by atoms with Gasteiger partial charge in [0.25, 0.3) is 0 Å². The van der Waals surface area contributed by atoms with E-state index >= 15 is 0 Å². The molecule has 39 heavy (non-hydrogen) atoms. The van der Waals surface area contributed by atoms with Crippen molar-refractivity contribution in [2.24, 2.45) is 23.7 Å². The highest BCUT2D eigenvalue weighted by molar-refractivity contribution is 5.59. The Labute approximate surface area is 242 Å². The lowest BCUT2D eigenvalue weighted by atomic mass is 9.86. The molecule has 2 heteroatoms. The van der Waals surface area contributed by atoms with E-state index in [0.29, 0.717) is 23.7 Å². The van der Waals surface area contributed by atoms with Gasteiger partial charge in [0, 0.05) is 11.4 Å². The maximum Gasteiger partial charge on any atom is 0.0379 e. The van der Waals surface area contributed by atoms with E-state index in [0.717, 1.165) is 43.5 Å². The first kappa shape index (κ1) is 33.2. The lowest BCUT2D eigenvalue weighted by Crippen LogP contribution is -2.11. The highest BCUT2D eigenvalue weighted by atomic mass is 14.6. The van der Waals surface area contributed by atoms with Crippen LogP contribution in [0.3, 0.4) is 0 Å². The largest absolute Gasteiger partial charge is 0.398 e. The lowest BCUT2D eigenvalue weighted by molar-refractivity contribution is 0.517. The van der Waals surface area contributed by atoms with Crippen LogP contribution in [0, 0.1) is 23.7 Å². The standard InChI is InChI=1S/C37H62N2/c1-9-13-26(5)17-32-22-30(23-33(36(32)38)18-27(6)14-10-2)21-31-24-34(19-28(7)15-11-3)37(39)35(25-31)20-29(8)16-12-4/h22-29H,9-21,38-39H2,1-8H3. The van der Waals surface area contributed by atoms with Crippen LogP contribution in [0.1, 0.15) is 140 Å². The SMILES string of the molecule is CCCC(C)Cc1cc(Cc2cc(CC(C)CCC)c(N)c(CC(C)CCC)c2)cc(CC(C)CCC)c1N. The fourth-order valence-corrected chi connectivity index (χ4v) is 6.70. The van der Waals surface area contributed by atoms with Crippen molar-refractivity contribution in [2.75, 3.05) is 11.5 Å². The zero-order valence-corrected chi connectivity index (χ0v) is 27.0. The highest BCUT2D eigenvalue weighted by Crippen LogP contribution is 2.31. The van der Waals surface area contributed by atoms with Crippen LogP contribution in [-0.2, 0) is 32.1 Å². The molecule has 2 aromatic rings. The van der Waals surface area contributed by atoms with Gasteiger partial charge in [-0.3, -0.25) is 0 Å². The van der Waals surface area contributed by atoms with Crippen molar-refractivity contribution >= 4 is 11.4 Å². The van der Waals surface area contributed by atoms with Gasteiger partial charge in [-0.1, -0.05) is 131 Å². The van der Waals surface area contributed by atoms with Gasteiger partial charge in [0.15, 0.2) is 0 Å². The number of nitrogen functional groups attached to an aromatic ring is 2. The highest BCUT2D eigenvalue weighted by Gasteiger charge is 2.17. The summed E-state index contributed by atoms with van der Waals surface area (Å²) in [5.41, 5.74) is 24.0. The summed E-state index contributed by atoms with van der Waals surface area (Å²) >= 11 is 0. The molecule has 0 spiro atoms. The average Bonchev–Trinajstić information content (AvgIpc) is 2.85. The molecule has 0 aromatic heterocycles. The molecule has 4 N–H and O–H groups in total. The first-order valence-corrected chi connectivity index (χ1v) is 16.4. The molecule has 4 unspecified atom stereocenters. The molecule has 0 saturated carbocycles. The van der Waals surface area contributed by atoms with E-state index in [2.05, 4.69) is 79.7 Å². The van der Waals surface area contributed by atoms with Crippen molar-refractivity contribution in [3.8, 4) is 0 Å². The summed E-state index contributed by atoms with van der Waals surface area (Å²) in [5.74, 6) is 2.62. The number of rotatable bonds is 18. The van der Waals surface area contributed by atoms with Gasteiger partial charge in [-0.05, 0) is 89.2 Å². The van der Waals surface area contributed by atoms with Crippen molar-refractivity contribution in [2.45, 2.75) is 139 Å². The van der Waals surface area contributed by atoms with Crippen LogP contribution in [-0.4, -0.2) is 0 Å². The van der Waals surface area contributed by atoms with E-state index in [1.54, 1.807) is 0 Å². The van der Waals surface area contributed by atoms with Crippen molar-refractivity contribution in [1.82, 2.24) is 0 Å². The van der Waals surface area contributed by atoms with Crippen molar-refractivity contribution in [3.63, 3.8) is 0 Å². The van der Waals surface area contributed by atoms with E-state index in [4.69, 9.17) is 11.5 Å². The quantitative estimate of drug-likeness (QED) is 0.187. The first-order valence-electron chi connectivity index (χ1n) is 16.4. The Bertz CT molecular complexity index is 841. The molecule has 2 aromatic carbocycles. The van der Waals surface area contributed by atoms with Crippen LogP contribution in [0.2, 0.25) is 0 Å². The number of hydrogen-bond donors (Lipinski definition) is 2. The van der Waals surface area contributed by atoms with Gasteiger partial charge >= 0.3 is 0 Å². The summed E-state index contributed by atoms with van der Waals surface area (Å²) in [6.45, 7) is 18.6. The number of anilines is 2. The van der Waals surface area contributed by atoms with Gasteiger partial charge in [0.2, 0.25) is 0 Å². The molecular weight excluding hydrogens is 472 g/mol. The number of nitrogens with two attached hydrogens (primary N) is 2. The molecule has 0 radical (unpaired) electrons. The molecular formula is C37H62N2. The fraction of sp³-hybridized carbons (Fsp3) is 0.676. The second-order valence-corrected chi connectivity index (χ2v) is 13.2. The molecule has 0 bridgehead atoms.